The van der Waals surface area contributed by atoms with Crippen molar-refractivity contribution in [3.63, 3.8) is 0 Å². The number of carboxylic acid groups (broad SMARTS) is 1. The number of carbonyl (C=O) groups is 2. The molecule has 0 aliphatic rings. The van der Waals surface area contributed by atoms with Crippen molar-refractivity contribution < 1.29 is 14.7 Å². The first-order valence-corrected chi connectivity index (χ1v) is 6.30. The number of rotatable bonds is 5. The summed E-state index contributed by atoms with van der Waals surface area (Å²) in [6.45, 7) is 14.4. The minimum absolute atomic E-state index is 0.0536. The Bertz CT molecular complexity index is 324. The molecule has 1 amide bonds. The highest BCUT2D eigenvalue weighted by Gasteiger charge is 2.35. The molecule has 2 N–H and O–H groups in total. The van der Waals surface area contributed by atoms with Crippen LogP contribution in [-0.4, -0.2) is 23.5 Å². The van der Waals surface area contributed by atoms with Gasteiger partial charge in [0.25, 0.3) is 0 Å². The molecule has 0 saturated carbocycles. The number of aliphatic carboxylic acids is 1. The van der Waals surface area contributed by atoms with Crippen LogP contribution in [0.1, 0.15) is 54.9 Å². The molecule has 0 aromatic rings. The van der Waals surface area contributed by atoms with Crippen molar-refractivity contribution in [2.24, 2.45) is 16.2 Å². The summed E-state index contributed by atoms with van der Waals surface area (Å²) in [5.41, 5.74) is -0.862. The smallest absolute Gasteiger partial charge is 0.304 e. The van der Waals surface area contributed by atoms with Gasteiger partial charge in [0.15, 0.2) is 0 Å². The van der Waals surface area contributed by atoms with Crippen LogP contribution in [0.2, 0.25) is 0 Å². The van der Waals surface area contributed by atoms with E-state index in [9.17, 15) is 9.59 Å². The van der Waals surface area contributed by atoms with E-state index in [0.717, 1.165) is 0 Å². The Morgan fingerprint density at radius 1 is 1.00 bits per heavy atom. The van der Waals surface area contributed by atoms with Crippen molar-refractivity contribution in [1.82, 2.24) is 5.32 Å². The fraction of sp³-hybridized carbons (Fsp3) is 0.857. The van der Waals surface area contributed by atoms with Crippen LogP contribution in [0.25, 0.3) is 0 Å². The first-order chi connectivity index (χ1) is 7.79. The first kappa shape index (κ1) is 16.9. The van der Waals surface area contributed by atoms with E-state index in [2.05, 4.69) is 39.9 Å². The molecule has 0 aromatic heterocycles. The topological polar surface area (TPSA) is 66.4 Å². The summed E-state index contributed by atoms with van der Waals surface area (Å²) in [5.74, 6) is -1.16. The van der Waals surface area contributed by atoms with Gasteiger partial charge in [-0.2, -0.15) is 0 Å². The Morgan fingerprint density at radius 3 is 1.78 bits per heavy atom. The maximum absolute atomic E-state index is 12.0. The molecular formula is C14H27NO3. The Hall–Kier alpha value is -1.06. The number of carbonyl (C=O) groups excluding carboxylic acids is 1. The molecule has 0 fully saturated rings. The second-order valence-corrected chi connectivity index (χ2v) is 7.27. The maximum Gasteiger partial charge on any atom is 0.304 e. The first-order valence-electron chi connectivity index (χ1n) is 6.30. The van der Waals surface area contributed by atoms with Crippen molar-refractivity contribution in [3.05, 3.63) is 0 Å². The van der Waals surface area contributed by atoms with Gasteiger partial charge >= 0.3 is 5.97 Å². The van der Waals surface area contributed by atoms with Crippen LogP contribution in [0, 0.1) is 16.2 Å². The summed E-state index contributed by atoms with van der Waals surface area (Å²) in [5, 5.41) is 11.6. The van der Waals surface area contributed by atoms with Crippen LogP contribution in [0.3, 0.4) is 0 Å². The number of amides is 1. The summed E-state index contributed by atoms with van der Waals surface area (Å²) >= 11 is 0. The minimum atomic E-state index is -0.953. The van der Waals surface area contributed by atoms with Crippen LogP contribution >= 0.6 is 0 Å². The quantitative estimate of drug-likeness (QED) is 0.795. The molecule has 0 aliphatic carbocycles. The van der Waals surface area contributed by atoms with Crippen LogP contribution in [0.15, 0.2) is 0 Å². The third-order valence-electron chi connectivity index (χ3n) is 3.93. The van der Waals surface area contributed by atoms with Crippen LogP contribution < -0.4 is 5.32 Å². The van der Waals surface area contributed by atoms with Crippen molar-refractivity contribution in [3.8, 4) is 0 Å². The van der Waals surface area contributed by atoms with Gasteiger partial charge in [-0.05, 0) is 10.8 Å². The van der Waals surface area contributed by atoms with E-state index in [1.807, 2.05) is 0 Å². The predicted molar refractivity (Wildman–Crippen MR) is 72.3 cm³/mol. The standard InChI is InChI=1S/C14H27NO3/c1-12(2,3)14(6,7)9-15-11(18)13(4,5)8-10(16)17/h8-9H2,1-7H3,(H,15,18)(H,16,17). The minimum Gasteiger partial charge on any atom is -0.481 e. The summed E-state index contributed by atoms with van der Waals surface area (Å²) in [6, 6.07) is 0. The van der Waals surface area contributed by atoms with E-state index in [1.165, 1.54) is 0 Å². The van der Waals surface area contributed by atoms with Gasteiger partial charge < -0.3 is 10.4 Å². The van der Waals surface area contributed by atoms with Crippen molar-refractivity contribution in [1.29, 1.82) is 0 Å². The highest BCUT2D eigenvalue weighted by atomic mass is 16.4. The maximum atomic E-state index is 12.0. The number of nitrogens with one attached hydrogen (secondary N) is 1. The molecule has 0 rings (SSSR count). The van der Waals surface area contributed by atoms with Crippen molar-refractivity contribution >= 4 is 11.9 Å². The fourth-order valence-electron chi connectivity index (χ4n) is 1.26. The molecule has 106 valence electrons. The molecule has 0 radical (unpaired) electrons. The number of hydrogen-bond donors (Lipinski definition) is 2. The van der Waals surface area contributed by atoms with Crippen LogP contribution in [0.5, 0.6) is 0 Å². The highest BCUT2D eigenvalue weighted by Crippen LogP contribution is 2.37. The van der Waals surface area contributed by atoms with Gasteiger partial charge in [-0.3, -0.25) is 9.59 Å². The van der Waals surface area contributed by atoms with E-state index in [0.29, 0.717) is 6.54 Å². The van der Waals surface area contributed by atoms with Gasteiger partial charge in [0.05, 0.1) is 11.8 Å². The van der Waals surface area contributed by atoms with Crippen LogP contribution in [0.4, 0.5) is 0 Å². The van der Waals surface area contributed by atoms with E-state index >= 15 is 0 Å². The molecule has 0 atom stereocenters. The lowest BCUT2D eigenvalue weighted by atomic mass is 9.69. The lowest BCUT2D eigenvalue weighted by molar-refractivity contribution is -0.144. The zero-order valence-corrected chi connectivity index (χ0v) is 12.7. The summed E-state index contributed by atoms with van der Waals surface area (Å²) in [4.78, 5) is 22.7. The van der Waals surface area contributed by atoms with Gasteiger partial charge in [-0.25, -0.2) is 0 Å². The predicted octanol–water partition coefficient (Wildman–Crippen LogP) is 2.68. The van der Waals surface area contributed by atoms with Gasteiger partial charge in [-0.15, -0.1) is 0 Å². The van der Waals surface area contributed by atoms with E-state index in [-0.39, 0.29) is 23.2 Å². The van der Waals surface area contributed by atoms with Crippen LogP contribution in [-0.2, 0) is 9.59 Å². The molecule has 18 heavy (non-hydrogen) atoms. The average molecular weight is 257 g/mol. The lowest BCUT2D eigenvalue weighted by Gasteiger charge is -2.39. The summed E-state index contributed by atoms with van der Waals surface area (Å²) in [7, 11) is 0. The molecule has 0 aromatic carbocycles. The molecule has 0 heterocycles. The zero-order chi connectivity index (χ0) is 14.8. The van der Waals surface area contributed by atoms with Crippen molar-refractivity contribution in [2.45, 2.75) is 54.9 Å². The second-order valence-electron chi connectivity index (χ2n) is 7.27. The van der Waals surface area contributed by atoms with E-state index in [4.69, 9.17) is 5.11 Å². The summed E-state index contributed by atoms with van der Waals surface area (Å²) in [6.07, 6.45) is -0.158. The molecule has 0 saturated heterocycles. The Labute approximate surface area is 110 Å². The third kappa shape index (κ3) is 4.67. The van der Waals surface area contributed by atoms with Gasteiger partial charge in [-0.1, -0.05) is 48.5 Å². The summed E-state index contributed by atoms with van der Waals surface area (Å²) < 4.78 is 0. The largest absolute Gasteiger partial charge is 0.481 e. The fourth-order valence-corrected chi connectivity index (χ4v) is 1.26. The second kappa shape index (κ2) is 5.29. The van der Waals surface area contributed by atoms with E-state index < -0.39 is 11.4 Å². The molecule has 4 nitrogen and oxygen atoms in total. The normalized spacial score (nSPS) is 13.3. The monoisotopic (exact) mass is 257 g/mol. The lowest BCUT2D eigenvalue weighted by Crippen LogP contribution is -2.46. The third-order valence-corrected chi connectivity index (χ3v) is 3.93. The molecule has 0 spiro atoms. The molecule has 0 unspecified atom stereocenters. The van der Waals surface area contributed by atoms with Gasteiger partial charge in [0, 0.05) is 6.54 Å². The van der Waals surface area contributed by atoms with E-state index in [1.54, 1.807) is 13.8 Å². The van der Waals surface area contributed by atoms with Gasteiger partial charge in [0.2, 0.25) is 5.91 Å². The zero-order valence-electron chi connectivity index (χ0n) is 12.7. The average Bonchev–Trinajstić information content (AvgIpc) is 2.10. The molecule has 4 heteroatoms. The molecule has 0 bridgehead atoms. The van der Waals surface area contributed by atoms with Gasteiger partial charge in [0.1, 0.15) is 0 Å². The SMILES string of the molecule is CC(C)(CC(=O)O)C(=O)NCC(C)(C)C(C)(C)C. The molecule has 0 aliphatic heterocycles. The highest BCUT2D eigenvalue weighted by molar-refractivity contribution is 5.86. The molecular weight excluding hydrogens is 230 g/mol. The Morgan fingerprint density at radius 2 is 1.44 bits per heavy atom. The number of hydrogen-bond acceptors (Lipinski definition) is 2. The Kier molecular flexibility index (Phi) is 4.98. The number of carboxylic acids is 1. The van der Waals surface area contributed by atoms with Crippen molar-refractivity contribution in [2.75, 3.05) is 6.54 Å². The Balaban J connectivity index is 4.57.